The van der Waals surface area contributed by atoms with Gasteiger partial charge in [-0.1, -0.05) is 48.5 Å². The molecule has 1 aliphatic heterocycles. The van der Waals surface area contributed by atoms with Crippen molar-refractivity contribution < 1.29 is 4.74 Å². The summed E-state index contributed by atoms with van der Waals surface area (Å²) in [6.07, 6.45) is 0. The van der Waals surface area contributed by atoms with Crippen LogP contribution in [0.25, 0.3) is 21.9 Å². The quantitative estimate of drug-likeness (QED) is 0.545. The van der Waals surface area contributed by atoms with Gasteiger partial charge in [-0.05, 0) is 30.2 Å². The predicted molar refractivity (Wildman–Crippen MR) is 111 cm³/mol. The normalized spacial score (nSPS) is 14.9. The molecule has 4 aromatic rings. The molecule has 1 aliphatic rings. The van der Waals surface area contributed by atoms with E-state index in [0.717, 1.165) is 44.3 Å². The monoisotopic (exact) mass is 357 g/mol. The molecule has 1 saturated heterocycles. The Kier molecular flexibility index (Phi) is 4.06. The maximum atomic E-state index is 5.52. The van der Waals surface area contributed by atoms with Gasteiger partial charge < -0.3 is 14.2 Å². The van der Waals surface area contributed by atoms with Crippen LogP contribution in [0.3, 0.4) is 0 Å². The third-order valence-corrected chi connectivity index (χ3v) is 5.40. The van der Waals surface area contributed by atoms with E-state index in [1.807, 2.05) is 0 Å². The van der Waals surface area contributed by atoms with Crippen molar-refractivity contribution in [2.45, 2.75) is 13.5 Å². The van der Waals surface area contributed by atoms with Crippen molar-refractivity contribution in [3.05, 3.63) is 71.8 Å². The van der Waals surface area contributed by atoms with Gasteiger partial charge in [0.05, 0.1) is 18.7 Å². The number of morpholine rings is 1. The van der Waals surface area contributed by atoms with Crippen molar-refractivity contribution in [2.75, 3.05) is 31.2 Å². The number of anilines is 1. The minimum Gasteiger partial charge on any atom is -0.378 e. The highest BCUT2D eigenvalue weighted by Crippen LogP contribution is 2.32. The Hall–Kier alpha value is -2.85. The second-order valence-electron chi connectivity index (χ2n) is 7.19. The lowest BCUT2D eigenvalue weighted by molar-refractivity contribution is 0.122. The fourth-order valence-electron chi connectivity index (χ4n) is 4.07. The first-order valence-electron chi connectivity index (χ1n) is 9.56. The van der Waals surface area contributed by atoms with Crippen LogP contribution in [0.5, 0.6) is 0 Å². The van der Waals surface area contributed by atoms with E-state index in [1.165, 1.54) is 27.4 Å². The maximum absolute atomic E-state index is 5.52. The highest BCUT2D eigenvalue weighted by molar-refractivity contribution is 6.07. The van der Waals surface area contributed by atoms with Gasteiger partial charge in [0.1, 0.15) is 11.5 Å². The molecule has 0 atom stereocenters. The van der Waals surface area contributed by atoms with E-state index in [1.54, 1.807) is 0 Å². The van der Waals surface area contributed by atoms with Crippen molar-refractivity contribution in [3.63, 3.8) is 0 Å². The zero-order valence-corrected chi connectivity index (χ0v) is 15.6. The molecule has 2 aromatic heterocycles. The Morgan fingerprint density at radius 2 is 1.67 bits per heavy atom. The van der Waals surface area contributed by atoms with E-state index >= 15 is 0 Å². The fraction of sp³-hybridized carbons (Fsp3) is 0.261. The predicted octanol–water partition coefficient (Wildman–Crippen LogP) is 4.38. The Labute approximate surface area is 159 Å². The summed E-state index contributed by atoms with van der Waals surface area (Å²) in [4.78, 5) is 7.52. The molecule has 0 N–H and O–H groups in total. The van der Waals surface area contributed by atoms with Gasteiger partial charge in [-0.2, -0.15) is 0 Å². The average Bonchev–Trinajstić information content (AvgIpc) is 3.02. The first-order valence-corrected chi connectivity index (χ1v) is 9.56. The molecule has 136 valence electrons. The summed E-state index contributed by atoms with van der Waals surface area (Å²) in [5, 5.41) is 2.50. The number of aromatic nitrogens is 2. The van der Waals surface area contributed by atoms with Crippen LogP contribution < -0.4 is 4.90 Å². The minimum atomic E-state index is 0.770. The number of nitrogens with zero attached hydrogens (tertiary/aromatic N) is 3. The Morgan fingerprint density at radius 1 is 0.926 bits per heavy atom. The van der Waals surface area contributed by atoms with Crippen molar-refractivity contribution in [1.82, 2.24) is 9.55 Å². The average molecular weight is 357 g/mol. The van der Waals surface area contributed by atoms with Crippen LogP contribution in [0.2, 0.25) is 0 Å². The Balaban J connectivity index is 1.72. The Bertz CT molecular complexity index is 1090. The first kappa shape index (κ1) is 16.3. The highest BCUT2D eigenvalue weighted by Gasteiger charge is 2.19. The molecule has 0 unspecified atom stereocenters. The lowest BCUT2D eigenvalue weighted by Gasteiger charge is -2.29. The molecule has 0 radical (unpaired) electrons. The SMILES string of the molecule is Cc1cc2c3ccccc3n(Cc3ccccc3)c2nc1N1CCOCC1. The van der Waals surface area contributed by atoms with Gasteiger partial charge in [0.25, 0.3) is 0 Å². The molecule has 2 aromatic carbocycles. The van der Waals surface area contributed by atoms with Crippen LogP contribution in [0, 0.1) is 6.92 Å². The van der Waals surface area contributed by atoms with E-state index in [0.29, 0.717) is 0 Å². The minimum absolute atomic E-state index is 0.770. The molecule has 4 nitrogen and oxygen atoms in total. The van der Waals surface area contributed by atoms with E-state index < -0.39 is 0 Å². The van der Waals surface area contributed by atoms with Gasteiger partial charge in [0.15, 0.2) is 0 Å². The zero-order valence-electron chi connectivity index (χ0n) is 15.6. The summed E-state index contributed by atoms with van der Waals surface area (Å²) in [7, 11) is 0. The molecule has 0 saturated carbocycles. The second-order valence-corrected chi connectivity index (χ2v) is 7.19. The van der Waals surface area contributed by atoms with Gasteiger partial charge in [-0.25, -0.2) is 4.98 Å². The molecular weight excluding hydrogens is 334 g/mol. The standard InChI is InChI=1S/C23H23N3O/c1-17-15-20-19-9-5-6-10-21(19)26(16-18-7-3-2-4-8-18)23(20)24-22(17)25-11-13-27-14-12-25/h2-10,15H,11-14,16H2,1H3. The summed E-state index contributed by atoms with van der Waals surface area (Å²) in [5.74, 6) is 1.09. The number of para-hydroxylation sites is 1. The van der Waals surface area contributed by atoms with Gasteiger partial charge in [-0.15, -0.1) is 0 Å². The van der Waals surface area contributed by atoms with Crippen LogP contribution in [0.1, 0.15) is 11.1 Å². The number of fused-ring (bicyclic) bond motifs is 3. The van der Waals surface area contributed by atoms with Crippen molar-refractivity contribution in [1.29, 1.82) is 0 Å². The lowest BCUT2D eigenvalue weighted by Crippen LogP contribution is -2.37. The van der Waals surface area contributed by atoms with Gasteiger partial charge in [-0.3, -0.25) is 0 Å². The van der Waals surface area contributed by atoms with Gasteiger partial charge in [0.2, 0.25) is 0 Å². The van der Waals surface area contributed by atoms with E-state index in [9.17, 15) is 0 Å². The number of hydrogen-bond donors (Lipinski definition) is 0. The summed E-state index contributed by atoms with van der Waals surface area (Å²) >= 11 is 0. The molecule has 3 heterocycles. The number of pyridine rings is 1. The molecule has 0 amide bonds. The highest BCUT2D eigenvalue weighted by atomic mass is 16.5. The molecule has 5 rings (SSSR count). The number of benzene rings is 2. The third kappa shape index (κ3) is 2.86. The van der Waals surface area contributed by atoms with Crippen LogP contribution >= 0.6 is 0 Å². The largest absolute Gasteiger partial charge is 0.378 e. The summed E-state index contributed by atoms with van der Waals surface area (Å²) in [6, 6.07) is 21.5. The number of ether oxygens (including phenoxy) is 1. The van der Waals surface area contributed by atoms with E-state index in [-0.39, 0.29) is 0 Å². The topological polar surface area (TPSA) is 30.3 Å². The number of aryl methyl sites for hydroxylation is 1. The second kappa shape index (κ2) is 6.71. The van der Waals surface area contributed by atoms with E-state index in [4.69, 9.17) is 9.72 Å². The van der Waals surface area contributed by atoms with Crippen molar-refractivity contribution in [2.24, 2.45) is 0 Å². The molecule has 0 bridgehead atoms. The van der Waals surface area contributed by atoms with Crippen molar-refractivity contribution >= 4 is 27.8 Å². The molecule has 0 spiro atoms. The van der Waals surface area contributed by atoms with Gasteiger partial charge >= 0.3 is 0 Å². The smallest absolute Gasteiger partial charge is 0.143 e. The fourth-order valence-corrected chi connectivity index (χ4v) is 4.07. The first-order chi connectivity index (χ1) is 13.3. The van der Waals surface area contributed by atoms with Crippen LogP contribution in [0.15, 0.2) is 60.7 Å². The molecular formula is C23H23N3O. The summed E-state index contributed by atoms with van der Waals surface area (Å²) < 4.78 is 7.88. The maximum Gasteiger partial charge on any atom is 0.143 e. The van der Waals surface area contributed by atoms with Crippen LogP contribution in [0.4, 0.5) is 5.82 Å². The Morgan fingerprint density at radius 3 is 2.48 bits per heavy atom. The number of rotatable bonds is 3. The lowest BCUT2D eigenvalue weighted by atomic mass is 10.1. The molecule has 27 heavy (non-hydrogen) atoms. The molecule has 4 heteroatoms. The van der Waals surface area contributed by atoms with Crippen LogP contribution in [-0.2, 0) is 11.3 Å². The van der Waals surface area contributed by atoms with Crippen LogP contribution in [-0.4, -0.2) is 35.9 Å². The molecule has 1 fully saturated rings. The van der Waals surface area contributed by atoms with E-state index in [2.05, 4.69) is 77.1 Å². The zero-order chi connectivity index (χ0) is 18.2. The third-order valence-electron chi connectivity index (χ3n) is 5.40. The molecule has 0 aliphatic carbocycles. The number of hydrogen-bond acceptors (Lipinski definition) is 3. The summed E-state index contributed by atoms with van der Waals surface area (Å²) in [5.41, 5.74) is 4.82. The summed E-state index contributed by atoms with van der Waals surface area (Å²) in [6.45, 7) is 6.33. The van der Waals surface area contributed by atoms with Crippen molar-refractivity contribution in [3.8, 4) is 0 Å². The van der Waals surface area contributed by atoms with Gasteiger partial charge in [0, 0.05) is 30.4 Å².